The van der Waals surface area contributed by atoms with Gasteiger partial charge in [-0.05, 0) is 74.4 Å². The lowest BCUT2D eigenvalue weighted by molar-refractivity contribution is 0.157. The molecule has 1 atom stereocenters. The Bertz CT molecular complexity index is 1280. The lowest BCUT2D eigenvalue weighted by atomic mass is 9.87. The first-order valence-corrected chi connectivity index (χ1v) is 11.6. The van der Waals surface area contributed by atoms with Gasteiger partial charge in [-0.2, -0.15) is 0 Å². The first-order valence-electron chi connectivity index (χ1n) is 10.8. The molecule has 33 heavy (non-hydrogen) atoms. The Labute approximate surface area is 201 Å². The fraction of sp³-hybridized carbons (Fsp3) is 0.222. The summed E-state index contributed by atoms with van der Waals surface area (Å²) >= 11 is 3.40. The van der Waals surface area contributed by atoms with Crippen molar-refractivity contribution < 1.29 is 19.7 Å². The Kier molecular flexibility index (Phi) is 5.41. The van der Waals surface area contributed by atoms with Crippen molar-refractivity contribution in [2.75, 3.05) is 6.61 Å². The van der Waals surface area contributed by atoms with Gasteiger partial charge >= 0.3 is 0 Å². The van der Waals surface area contributed by atoms with E-state index in [0.717, 1.165) is 38.3 Å². The molecule has 2 aliphatic rings. The van der Waals surface area contributed by atoms with Crippen LogP contribution in [0.3, 0.4) is 0 Å². The number of halogens is 1. The second-order valence-electron chi connectivity index (χ2n) is 8.89. The molecule has 0 saturated carbocycles. The quantitative estimate of drug-likeness (QED) is 0.397. The van der Waals surface area contributed by atoms with Crippen molar-refractivity contribution in [3.05, 3.63) is 81.3 Å². The van der Waals surface area contributed by atoms with Gasteiger partial charge in [0.1, 0.15) is 28.6 Å². The minimum Gasteiger partial charge on any atom is -0.507 e. The van der Waals surface area contributed by atoms with Crippen molar-refractivity contribution in [2.24, 2.45) is 4.99 Å². The number of rotatable bonds is 3. The van der Waals surface area contributed by atoms with E-state index in [9.17, 15) is 10.2 Å². The molecule has 3 aromatic rings. The molecule has 0 aliphatic carbocycles. The number of aliphatic imine (C=N–C) groups is 1. The summed E-state index contributed by atoms with van der Waals surface area (Å²) in [6.45, 7) is 4.46. The highest BCUT2D eigenvalue weighted by molar-refractivity contribution is 9.10. The van der Waals surface area contributed by atoms with Crippen LogP contribution in [-0.4, -0.2) is 28.6 Å². The van der Waals surface area contributed by atoms with Gasteiger partial charge in [0.05, 0.1) is 23.4 Å². The molecule has 0 aromatic heterocycles. The third-order valence-electron chi connectivity index (χ3n) is 5.99. The largest absolute Gasteiger partial charge is 0.507 e. The lowest BCUT2D eigenvalue weighted by Crippen LogP contribution is -2.28. The molecule has 0 saturated heterocycles. The van der Waals surface area contributed by atoms with E-state index in [1.807, 2.05) is 56.3 Å². The molecule has 0 amide bonds. The van der Waals surface area contributed by atoms with Crippen molar-refractivity contribution in [1.29, 1.82) is 0 Å². The molecular formula is C27H24BrNO4. The average molecular weight is 506 g/mol. The molecule has 2 aliphatic heterocycles. The standard InChI is InChI=1S/C27H24BrNO4/c1-27(2)12-11-21-24(33-27)10-3-16-13-17(15-32-26(16)21)20-8-9-23(30)22(25(20)31)14-29-19-6-4-18(28)5-7-19/h3-12,14,17,30-31H,13,15H2,1-2H3. The van der Waals surface area contributed by atoms with Crippen LogP contribution in [0, 0.1) is 0 Å². The van der Waals surface area contributed by atoms with E-state index < -0.39 is 0 Å². The van der Waals surface area contributed by atoms with E-state index in [0.29, 0.717) is 18.6 Å². The summed E-state index contributed by atoms with van der Waals surface area (Å²) in [4.78, 5) is 4.40. The number of phenols is 2. The number of fused-ring (bicyclic) bond motifs is 3. The zero-order valence-corrected chi connectivity index (χ0v) is 20.0. The van der Waals surface area contributed by atoms with Crippen LogP contribution in [0.5, 0.6) is 23.0 Å². The van der Waals surface area contributed by atoms with Crippen LogP contribution in [0.2, 0.25) is 0 Å². The predicted molar refractivity (Wildman–Crippen MR) is 133 cm³/mol. The molecule has 1 unspecified atom stereocenters. The summed E-state index contributed by atoms with van der Waals surface area (Å²) in [5.74, 6) is 1.61. The Balaban J connectivity index is 1.43. The average Bonchev–Trinajstić information content (AvgIpc) is 2.79. The number of ether oxygens (including phenoxy) is 2. The van der Waals surface area contributed by atoms with Gasteiger partial charge < -0.3 is 19.7 Å². The minimum atomic E-state index is -0.343. The smallest absolute Gasteiger partial charge is 0.133 e. The van der Waals surface area contributed by atoms with Gasteiger partial charge in [-0.1, -0.05) is 28.1 Å². The van der Waals surface area contributed by atoms with Crippen LogP contribution in [-0.2, 0) is 6.42 Å². The first kappa shape index (κ1) is 21.6. The molecule has 0 spiro atoms. The van der Waals surface area contributed by atoms with Crippen LogP contribution in [0.25, 0.3) is 6.08 Å². The second-order valence-corrected chi connectivity index (χ2v) is 9.80. The highest BCUT2D eigenvalue weighted by Gasteiger charge is 2.30. The van der Waals surface area contributed by atoms with Gasteiger partial charge in [0.15, 0.2) is 0 Å². The van der Waals surface area contributed by atoms with Crippen LogP contribution in [0.4, 0.5) is 5.69 Å². The van der Waals surface area contributed by atoms with Crippen molar-refractivity contribution in [3.8, 4) is 23.0 Å². The molecule has 3 aromatic carbocycles. The summed E-state index contributed by atoms with van der Waals surface area (Å²) in [6, 6.07) is 14.8. The number of phenolic OH excluding ortho intramolecular Hbond substituents is 2. The van der Waals surface area contributed by atoms with Crippen LogP contribution in [0.15, 0.2) is 64.1 Å². The number of benzene rings is 3. The molecule has 0 fully saturated rings. The normalized spacial score (nSPS) is 18.3. The van der Waals surface area contributed by atoms with E-state index in [1.54, 1.807) is 12.1 Å². The zero-order chi connectivity index (χ0) is 23.2. The number of hydrogen-bond donors (Lipinski definition) is 2. The number of aromatic hydroxyl groups is 2. The van der Waals surface area contributed by atoms with Gasteiger partial charge in [-0.3, -0.25) is 4.99 Å². The molecule has 5 rings (SSSR count). The van der Waals surface area contributed by atoms with Crippen LogP contribution >= 0.6 is 15.9 Å². The van der Waals surface area contributed by atoms with Crippen molar-refractivity contribution in [3.63, 3.8) is 0 Å². The summed E-state index contributed by atoms with van der Waals surface area (Å²) < 4.78 is 13.2. The van der Waals surface area contributed by atoms with Gasteiger partial charge in [0.25, 0.3) is 0 Å². The topological polar surface area (TPSA) is 71.3 Å². The summed E-state index contributed by atoms with van der Waals surface area (Å²) in [6.07, 6.45) is 6.30. The van der Waals surface area contributed by atoms with E-state index in [-0.39, 0.29) is 23.0 Å². The first-order chi connectivity index (χ1) is 15.8. The zero-order valence-electron chi connectivity index (χ0n) is 18.4. The van der Waals surface area contributed by atoms with E-state index in [2.05, 4.69) is 27.0 Å². The maximum atomic E-state index is 11.0. The summed E-state index contributed by atoms with van der Waals surface area (Å²) in [7, 11) is 0. The highest BCUT2D eigenvalue weighted by Crippen LogP contribution is 2.45. The molecule has 0 radical (unpaired) electrons. The fourth-order valence-corrected chi connectivity index (χ4v) is 4.52. The van der Waals surface area contributed by atoms with Crippen LogP contribution < -0.4 is 9.47 Å². The number of nitrogens with zero attached hydrogens (tertiary/aromatic N) is 1. The maximum Gasteiger partial charge on any atom is 0.133 e. The van der Waals surface area contributed by atoms with Crippen LogP contribution in [0.1, 0.15) is 42.0 Å². The molecule has 6 heteroatoms. The Morgan fingerprint density at radius 1 is 1.06 bits per heavy atom. The van der Waals surface area contributed by atoms with Gasteiger partial charge in [0.2, 0.25) is 0 Å². The second kappa shape index (κ2) is 8.27. The summed E-state index contributed by atoms with van der Waals surface area (Å²) in [5, 5.41) is 21.4. The van der Waals surface area contributed by atoms with Crippen molar-refractivity contribution in [1.82, 2.24) is 0 Å². The van der Waals surface area contributed by atoms with Crippen molar-refractivity contribution >= 4 is 33.9 Å². The minimum absolute atomic E-state index is 0.0202. The molecule has 2 N–H and O–H groups in total. The molecule has 5 nitrogen and oxygen atoms in total. The molecule has 168 valence electrons. The molecular weight excluding hydrogens is 482 g/mol. The Morgan fingerprint density at radius 3 is 2.64 bits per heavy atom. The van der Waals surface area contributed by atoms with E-state index >= 15 is 0 Å². The third-order valence-corrected chi connectivity index (χ3v) is 6.52. The van der Waals surface area contributed by atoms with Gasteiger partial charge in [0, 0.05) is 22.2 Å². The monoisotopic (exact) mass is 505 g/mol. The van der Waals surface area contributed by atoms with E-state index in [4.69, 9.17) is 9.47 Å². The number of hydrogen-bond acceptors (Lipinski definition) is 5. The van der Waals surface area contributed by atoms with E-state index in [1.165, 1.54) is 6.21 Å². The Morgan fingerprint density at radius 2 is 1.85 bits per heavy atom. The van der Waals surface area contributed by atoms with Gasteiger partial charge in [-0.15, -0.1) is 0 Å². The fourth-order valence-electron chi connectivity index (χ4n) is 4.25. The van der Waals surface area contributed by atoms with Crippen molar-refractivity contribution in [2.45, 2.75) is 31.8 Å². The summed E-state index contributed by atoms with van der Waals surface area (Å²) in [5.41, 5.74) is 3.43. The van der Waals surface area contributed by atoms with Gasteiger partial charge in [-0.25, -0.2) is 0 Å². The molecule has 2 heterocycles. The predicted octanol–water partition coefficient (Wildman–Crippen LogP) is 6.51. The SMILES string of the molecule is CC1(C)C=Cc2c(ccc3c2OCC(c2ccc(O)c(C=Nc4ccc(Br)cc4)c2O)C3)O1. The highest BCUT2D eigenvalue weighted by atomic mass is 79.9. The third kappa shape index (κ3) is 4.23. The maximum absolute atomic E-state index is 11.0. The molecule has 0 bridgehead atoms. The lowest BCUT2D eigenvalue weighted by Gasteiger charge is -2.32. The Hall–Kier alpha value is -3.25.